The maximum atomic E-state index is 12.8. The molecule has 21 heavy (non-hydrogen) atoms. The summed E-state index contributed by atoms with van der Waals surface area (Å²) < 4.78 is 0. The van der Waals surface area contributed by atoms with E-state index in [1.54, 1.807) is 0 Å². The molecule has 1 aliphatic carbocycles. The number of aryl methyl sites for hydroxylation is 1. The van der Waals surface area contributed by atoms with Gasteiger partial charge in [-0.15, -0.1) is 0 Å². The Morgan fingerprint density at radius 1 is 1.05 bits per heavy atom. The second-order valence-electron chi connectivity index (χ2n) is 5.59. The molecule has 0 aromatic heterocycles. The number of carbonyl (C=O) groups is 2. The second-order valence-corrected chi connectivity index (χ2v) is 5.59. The molecule has 2 aromatic carbocycles. The summed E-state index contributed by atoms with van der Waals surface area (Å²) in [5.41, 5.74) is 3.06. The Bertz CT molecular complexity index is 646. The first kappa shape index (κ1) is 13.7. The molecule has 1 aliphatic rings. The lowest BCUT2D eigenvalue weighted by atomic mass is 9.72. The predicted molar refractivity (Wildman–Crippen MR) is 82.4 cm³/mol. The SMILES string of the molecule is O=CCC(c1ccccc1)C1CCc2ccccc2C1=O. The molecular formula is C19H18O2. The molecule has 0 fully saturated rings. The van der Waals surface area contributed by atoms with Crippen LogP contribution in [0.3, 0.4) is 0 Å². The predicted octanol–water partition coefficient (Wildman–Crippen LogP) is 3.80. The number of hydrogen-bond acceptors (Lipinski definition) is 2. The van der Waals surface area contributed by atoms with Crippen molar-refractivity contribution >= 4 is 12.1 Å². The molecule has 2 aromatic rings. The quantitative estimate of drug-likeness (QED) is 0.797. The molecule has 0 aliphatic heterocycles. The first-order valence-electron chi connectivity index (χ1n) is 7.42. The lowest BCUT2D eigenvalue weighted by molar-refractivity contribution is -0.108. The van der Waals surface area contributed by atoms with Crippen LogP contribution in [-0.4, -0.2) is 12.1 Å². The minimum atomic E-state index is -0.0903. The summed E-state index contributed by atoms with van der Waals surface area (Å²) in [5.74, 6) is 0.0876. The van der Waals surface area contributed by atoms with Gasteiger partial charge < -0.3 is 4.79 Å². The van der Waals surface area contributed by atoms with E-state index in [0.717, 1.165) is 35.8 Å². The van der Waals surface area contributed by atoms with Gasteiger partial charge in [-0.1, -0.05) is 54.6 Å². The second kappa shape index (κ2) is 6.04. The standard InChI is InChI=1S/C19H18O2/c20-13-12-16(14-6-2-1-3-7-14)18-11-10-15-8-4-5-9-17(15)19(18)21/h1-9,13,16,18H,10-12H2. The van der Waals surface area contributed by atoms with Crippen LogP contribution in [0.25, 0.3) is 0 Å². The fourth-order valence-corrected chi connectivity index (χ4v) is 3.34. The third kappa shape index (κ3) is 2.66. The lowest BCUT2D eigenvalue weighted by Gasteiger charge is -2.29. The molecule has 0 amide bonds. The van der Waals surface area contributed by atoms with Crippen LogP contribution in [0.1, 0.15) is 40.2 Å². The Hall–Kier alpha value is -2.22. The van der Waals surface area contributed by atoms with Crippen LogP contribution in [0.15, 0.2) is 54.6 Å². The Morgan fingerprint density at radius 2 is 1.76 bits per heavy atom. The van der Waals surface area contributed by atoms with Gasteiger partial charge in [0.05, 0.1) is 0 Å². The van der Waals surface area contributed by atoms with Gasteiger partial charge in [-0.2, -0.15) is 0 Å². The van der Waals surface area contributed by atoms with Crippen LogP contribution in [-0.2, 0) is 11.2 Å². The fourth-order valence-electron chi connectivity index (χ4n) is 3.34. The smallest absolute Gasteiger partial charge is 0.166 e. The van der Waals surface area contributed by atoms with Gasteiger partial charge in [-0.05, 0) is 24.0 Å². The fraction of sp³-hybridized carbons (Fsp3) is 0.263. The first-order chi connectivity index (χ1) is 10.3. The van der Waals surface area contributed by atoms with Crippen LogP contribution < -0.4 is 0 Å². The third-order valence-electron chi connectivity index (χ3n) is 4.41. The largest absolute Gasteiger partial charge is 0.303 e. The minimum Gasteiger partial charge on any atom is -0.303 e. The Morgan fingerprint density at radius 3 is 2.52 bits per heavy atom. The van der Waals surface area contributed by atoms with E-state index >= 15 is 0 Å². The van der Waals surface area contributed by atoms with E-state index in [-0.39, 0.29) is 17.6 Å². The highest BCUT2D eigenvalue weighted by Crippen LogP contribution is 2.37. The van der Waals surface area contributed by atoms with Gasteiger partial charge in [0.25, 0.3) is 0 Å². The molecule has 0 bridgehead atoms. The average molecular weight is 278 g/mol. The molecule has 2 atom stereocenters. The van der Waals surface area contributed by atoms with Crippen molar-refractivity contribution in [1.29, 1.82) is 0 Å². The van der Waals surface area contributed by atoms with Crippen LogP contribution in [0, 0.1) is 5.92 Å². The highest BCUT2D eigenvalue weighted by molar-refractivity contribution is 6.00. The van der Waals surface area contributed by atoms with Crippen molar-refractivity contribution < 1.29 is 9.59 Å². The number of ketones is 1. The summed E-state index contributed by atoms with van der Waals surface area (Å²) in [4.78, 5) is 23.9. The molecule has 2 heteroatoms. The Kier molecular flexibility index (Phi) is 3.96. The molecule has 0 saturated heterocycles. The Labute approximate surface area is 124 Å². The minimum absolute atomic E-state index is 0.00967. The maximum Gasteiger partial charge on any atom is 0.166 e. The van der Waals surface area contributed by atoms with Gasteiger partial charge in [0, 0.05) is 23.8 Å². The van der Waals surface area contributed by atoms with Crippen molar-refractivity contribution in [3.05, 3.63) is 71.3 Å². The molecule has 0 radical (unpaired) electrons. The number of Topliss-reactive ketones (excluding diaryl/α,β-unsaturated/α-hetero) is 1. The zero-order chi connectivity index (χ0) is 14.7. The van der Waals surface area contributed by atoms with E-state index < -0.39 is 0 Å². The number of aldehydes is 1. The van der Waals surface area contributed by atoms with Crippen molar-refractivity contribution in [1.82, 2.24) is 0 Å². The summed E-state index contributed by atoms with van der Waals surface area (Å²) in [6, 6.07) is 17.8. The zero-order valence-corrected chi connectivity index (χ0v) is 11.9. The van der Waals surface area contributed by atoms with Crippen molar-refractivity contribution in [3.63, 3.8) is 0 Å². The summed E-state index contributed by atoms with van der Waals surface area (Å²) in [6.07, 6.45) is 3.08. The van der Waals surface area contributed by atoms with Gasteiger partial charge in [0.1, 0.15) is 6.29 Å². The summed E-state index contributed by atoms with van der Waals surface area (Å²) in [5, 5.41) is 0. The van der Waals surface area contributed by atoms with Gasteiger partial charge in [-0.25, -0.2) is 0 Å². The number of hydrogen-bond donors (Lipinski definition) is 0. The summed E-state index contributed by atoms with van der Waals surface area (Å²) in [7, 11) is 0. The van der Waals surface area contributed by atoms with E-state index in [4.69, 9.17) is 0 Å². The van der Waals surface area contributed by atoms with Gasteiger partial charge >= 0.3 is 0 Å². The van der Waals surface area contributed by atoms with E-state index in [1.165, 1.54) is 0 Å². The van der Waals surface area contributed by atoms with Crippen molar-refractivity contribution in [2.75, 3.05) is 0 Å². The van der Waals surface area contributed by atoms with Crippen molar-refractivity contribution in [2.45, 2.75) is 25.2 Å². The normalized spacial score (nSPS) is 18.9. The summed E-state index contributed by atoms with van der Waals surface area (Å²) in [6.45, 7) is 0. The van der Waals surface area contributed by atoms with Crippen molar-refractivity contribution in [3.8, 4) is 0 Å². The van der Waals surface area contributed by atoms with Gasteiger partial charge in [0.2, 0.25) is 0 Å². The molecule has 0 heterocycles. The van der Waals surface area contributed by atoms with Gasteiger partial charge in [-0.3, -0.25) is 4.79 Å². The number of carbonyl (C=O) groups excluding carboxylic acids is 2. The Balaban J connectivity index is 1.95. The molecule has 0 N–H and O–H groups in total. The number of fused-ring (bicyclic) bond motifs is 1. The molecule has 2 unspecified atom stereocenters. The topological polar surface area (TPSA) is 34.1 Å². The van der Waals surface area contributed by atoms with E-state index in [0.29, 0.717) is 6.42 Å². The first-order valence-corrected chi connectivity index (χ1v) is 7.42. The van der Waals surface area contributed by atoms with Crippen LogP contribution in [0.2, 0.25) is 0 Å². The lowest BCUT2D eigenvalue weighted by Crippen LogP contribution is -2.28. The molecular weight excluding hydrogens is 260 g/mol. The van der Waals surface area contributed by atoms with E-state index in [9.17, 15) is 9.59 Å². The molecule has 3 rings (SSSR count). The average Bonchev–Trinajstić information content (AvgIpc) is 2.55. The monoisotopic (exact) mass is 278 g/mol. The van der Waals surface area contributed by atoms with E-state index in [2.05, 4.69) is 0 Å². The van der Waals surface area contributed by atoms with Gasteiger partial charge in [0.15, 0.2) is 5.78 Å². The van der Waals surface area contributed by atoms with Crippen LogP contribution in [0.4, 0.5) is 0 Å². The van der Waals surface area contributed by atoms with E-state index in [1.807, 2.05) is 54.6 Å². The highest BCUT2D eigenvalue weighted by atomic mass is 16.1. The number of benzene rings is 2. The third-order valence-corrected chi connectivity index (χ3v) is 4.41. The van der Waals surface area contributed by atoms with Crippen LogP contribution in [0.5, 0.6) is 0 Å². The molecule has 0 spiro atoms. The number of rotatable bonds is 4. The molecule has 2 nitrogen and oxygen atoms in total. The maximum absolute atomic E-state index is 12.8. The van der Waals surface area contributed by atoms with Crippen LogP contribution >= 0.6 is 0 Å². The molecule has 106 valence electrons. The zero-order valence-electron chi connectivity index (χ0n) is 11.9. The van der Waals surface area contributed by atoms with Crippen molar-refractivity contribution in [2.24, 2.45) is 5.92 Å². The molecule has 0 saturated carbocycles. The summed E-state index contributed by atoms with van der Waals surface area (Å²) >= 11 is 0. The highest BCUT2D eigenvalue weighted by Gasteiger charge is 2.33.